The highest BCUT2D eigenvalue weighted by Crippen LogP contribution is 2.45. The summed E-state index contributed by atoms with van der Waals surface area (Å²) in [6, 6.07) is 0. The van der Waals surface area contributed by atoms with Gasteiger partial charge in [0, 0.05) is 25.7 Å². The van der Waals surface area contributed by atoms with Gasteiger partial charge in [-0.15, -0.1) is 0 Å². The minimum absolute atomic E-state index is 0.104. The van der Waals surface area contributed by atoms with Crippen molar-refractivity contribution in [3.8, 4) is 0 Å². The number of aliphatic hydroxyl groups excluding tert-OH is 1. The molecule has 0 aromatic heterocycles. The molecule has 0 aliphatic heterocycles. The molecule has 0 saturated heterocycles. The normalized spacial score (nSPS) is 14.2. The van der Waals surface area contributed by atoms with E-state index in [-0.39, 0.29) is 25.7 Å². The first-order valence-electron chi connectivity index (χ1n) is 37.2. The van der Waals surface area contributed by atoms with E-state index in [1.807, 2.05) is 0 Å². The molecule has 0 spiro atoms. The highest BCUT2D eigenvalue weighted by molar-refractivity contribution is 7.47. The monoisotopic (exact) mass is 1340 g/mol. The molecular weight excluding hydrogens is 1200 g/mol. The second-order valence-corrected chi connectivity index (χ2v) is 30.8. The van der Waals surface area contributed by atoms with Crippen LogP contribution in [0.2, 0.25) is 0 Å². The number of esters is 4. The van der Waals surface area contributed by atoms with E-state index in [9.17, 15) is 43.2 Å². The number of carbonyl (C=O) groups excluding carboxylic acids is 4. The summed E-state index contributed by atoms with van der Waals surface area (Å²) in [6.45, 7) is 14.1. The quantitative estimate of drug-likeness (QED) is 0.0222. The molecule has 0 radical (unpaired) electrons. The summed E-state index contributed by atoms with van der Waals surface area (Å²) in [5.74, 6) is 0.846. The fourth-order valence-corrected chi connectivity index (χ4v) is 12.4. The summed E-state index contributed by atoms with van der Waals surface area (Å²) in [5.41, 5.74) is 0. The molecule has 0 aliphatic rings. The van der Waals surface area contributed by atoms with E-state index < -0.39 is 97.5 Å². The Morgan fingerprint density at radius 3 is 0.681 bits per heavy atom. The van der Waals surface area contributed by atoms with Crippen molar-refractivity contribution in [2.75, 3.05) is 39.6 Å². The number of phosphoric ester groups is 2. The van der Waals surface area contributed by atoms with Gasteiger partial charge in [-0.05, 0) is 49.4 Å². The molecule has 0 bridgehead atoms. The Kier molecular flexibility index (Phi) is 60.3. The summed E-state index contributed by atoms with van der Waals surface area (Å²) in [6.07, 6.45) is 44.6. The van der Waals surface area contributed by atoms with Gasteiger partial charge in [0.1, 0.15) is 19.3 Å². The van der Waals surface area contributed by atoms with Crippen LogP contribution in [0.4, 0.5) is 0 Å². The van der Waals surface area contributed by atoms with Crippen molar-refractivity contribution in [2.45, 2.75) is 375 Å². The second-order valence-electron chi connectivity index (χ2n) is 27.9. The lowest BCUT2D eigenvalue weighted by Gasteiger charge is -2.21. The van der Waals surface area contributed by atoms with E-state index >= 15 is 0 Å². The zero-order valence-corrected chi connectivity index (χ0v) is 61.3. The van der Waals surface area contributed by atoms with Crippen LogP contribution in [0.3, 0.4) is 0 Å². The van der Waals surface area contributed by atoms with E-state index in [1.165, 1.54) is 154 Å². The highest BCUT2D eigenvalue weighted by atomic mass is 31.2. The van der Waals surface area contributed by atoms with Gasteiger partial charge in [-0.25, -0.2) is 9.13 Å². The Bertz CT molecular complexity index is 1800. The third-order valence-electron chi connectivity index (χ3n) is 16.6. The molecule has 17 nitrogen and oxygen atoms in total. The molecule has 3 N–H and O–H groups in total. The van der Waals surface area contributed by atoms with E-state index in [0.29, 0.717) is 31.6 Å². The van der Waals surface area contributed by atoms with Crippen LogP contribution in [0.5, 0.6) is 0 Å². The largest absolute Gasteiger partial charge is 0.472 e. The minimum Gasteiger partial charge on any atom is -0.462 e. The number of phosphoric acid groups is 2. The molecule has 0 heterocycles. The van der Waals surface area contributed by atoms with Gasteiger partial charge >= 0.3 is 39.5 Å². The fourth-order valence-electron chi connectivity index (χ4n) is 10.8. The van der Waals surface area contributed by atoms with Crippen LogP contribution in [0, 0.1) is 23.7 Å². The maximum atomic E-state index is 13.0. The van der Waals surface area contributed by atoms with Gasteiger partial charge in [-0.3, -0.25) is 37.3 Å². The summed E-state index contributed by atoms with van der Waals surface area (Å²) in [7, 11) is -9.91. The predicted molar refractivity (Wildman–Crippen MR) is 367 cm³/mol. The van der Waals surface area contributed by atoms with Gasteiger partial charge in [-0.1, -0.05) is 306 Å². The van der Waals surface area contributed by atoms with Crippen LogP contribution in [0.15, 0.2) is 0 Å². The molecule has 0 rings (SSSR count). The van der Waals surface area contributed by atoms with Gasteiger partial charge in [0.15, 0.2) is 12.2 Å². The smallest absolute Gasteiger partial charge is 0.462 e. The summed E-state index contributed by atoms with van der Waals surface area (Å²) < 4.78 is 68.3. The topological polar surface area (TPSA) is 237 Å². The Morgan fingerprint density at radius 2 is 0.462 bits per heavy atom. The van der Waals surface area contributed by atoms with E-state index in [2.05, 4.69) is 55.4 Å². The molecule has 0 aromatic carbocycles. The Balaban J connectivity index is 5.25. The SMILES string of the molecule is CC(C)CCCCCCCCCCCCCCC(=O)OC[C@H](COP(=O)(O)OC[C@@H](O)COP(=O)(O)OC[C@@H](COC(=O)CCCCCCCCC(C)C)OC(=O)CCCCCCCCCCCC(C)C)OC(=O)CCCCCCCCCCCCCCC(C)C. The summed E-state index contributed by atoms with van der Waals surface area (Å²) >= 11 is 0. The van der Waals surface area contributed by atoms with Gasteiger partial charge in [0.05, 0.1) is 26.4 Å². The lowest BCUT2D eigenvalue weighted by atomic mass is 10.0. The van der Waals surface area contributed by atoms with E-state index in [0.717, 1.165) is 114 Å². The van der Waals surface area contributed by atoms with Crippen molar-refractivity contribution in [1.82, 2.24) is 0 Å². The third kappa shape index (κ3) is 66.5. The van der Waals surface area contributed by atoms with Gasteiger partial charge in [0.25, 0.3) is 0 Å². The summed E-state index contributed by atoms with van der Waals surface area (Å²) in [5, 5.41) is 10.6. The first kappa shape index (κ1) is 89.1. The number of aliphatic hydroxyl groups is 1. The molecule has 2 unspecified atom stereocenters. The molecule has 540 valence electrons. The summed E-state index contributed by atoms with van der Waals surface area (Å²) in [4.78, 5) is 72.6. The molecule has 0 saturated carbocycles. The zero-order chi connectivity index (χ0) is 67.5. The zero-order valence-electron chi connectivity index (χ0n) is 59.5. The van der Waals surface area contributed by atoms with Gasteiger partial charge in [0.2, 0.25) is 0 Å². The molecular formula is C72H140O17P2. The lowest BCUT2D eigenvalue weighted by molar-refractivity contribution is -0.161. The number of rotatable bonds is 69. The molecule has 91 heavy (non-hydrogen) atoms. The van der Waals surface area contributed by atoms with Crippen LogP contribution in [-0.4, -0.2) is 96.7 Å². The van der Waals surface area contributed by atoms with Crippen molar-refractivity contribution in [3.05, 3.63) is 0 Å². The maximum Gasteiger partial charge on any atom is 0.472 e. The highest BCUT2D eigenvalue weighted by Gasteiger charge is 2.30. The Morgan fingerprint density at radius 1 is 0.275 bits per heavy atom. The standard InChI is InChI=1S/C72H140O17P2/c1-62(2)48-40-32-24-18-13-9-11-15-21-27-36-44-52-69(74)82-58-67(88-71(76)54-46-38-28-22-16-12-10-14-19-25-33-41-49-63(3)4)60-86-90(78,79)84-56-66(73)57-85-91(80,81)87-61-68(59-83-70(75)53-45-37-31-30-35-43-51-65(7)8)89-72(77)55-47-39-29-23-17-20-26-34-42-50-64(5)6/h62-68,73H,9-61H2,1-8H3,(H,78,79)(H,80,81)/t66-,67-,68-/m1/s1. The average molecular weight is 1340 g/mol. The van der Waals surface area contributed by atoms with Crippen LogP contribution in [-0.2, 0) is 65.4 Å². The van der Waals surface area contributed by atoms with Crippen LogP contribution in [0.25, 0.3) is 0 Å². The van der Waals surface area contributed by atoms with Gasteiger partial charge in [-0.2, -0.15) is 0 Å². The number of unbranched alkanes of at least 4 members (excludes halogenated alkanes) is 35. The number of carbonyl (C=O) groups is 4. The fraction of sp³-hybridized carbons (Fsp3) is 0.944. The average Bonchev–Trinajstić information content (AvgIpc) is 2.17. The van der Waals surface area contributed by atoms with E-state index in [4.69, 9.17) is 37.0 Å². The van der Waals surface area contributed by atoms with Crippen molar-refractivity contribution in [2.24, 2.45) is 23.7 Å². The first-order chi connectivity index (χ1) is 43.6. The van der Waals surface area contributed by atoms with Crippen molar-refractivity contribution >= 4 is 39.5 Å². The van der Waals surface area contributed by atoms with Crippen molar-refractivity contribution < 1.29 is 80.2 Å². The molecule has 0 fully saturated rings. The predicted octanol–water partition coefficient (Wildman–Crippen LogP) is 20.5. The molecule has 0 amide bonds. The van der Waals surface area contributed by atoms with Crippen molar-refractivity contribution in [1.29, 1.82) is 0 Å². The van der Waals surface area contributed by atoms with Crippen molar-refractivity contribution in [3.63, 3.8) is 0 Å². The Hall–Kier alpha value is -1.94. The number of hydrogen-bond donors (Lipinski definition) is 3. The molecule has 0 aliphatic carbocycles. The molecule has 5 atom stereocenters. The van der Waals surface area contributed by atoms with Crippen LogP contribution >= 0.6 is 15.6 Å². The third-order valence-corrected chi connectivity index (χ3v) is 18.5. The minimum atomic E-state index is -4.95. The second kappa shape index (κ2) is 61.6. The molecule has 0 aromatic rings. The lowest BCUT2D eigenvalue weighted by Crippen LogP contribution is -2.30. The number of hydrogen-bond acceptors (Lipinski definition) is 15. The van der Waals surface area contributed by atoms with E-state index in [1.54, 1.807) is 0 Å². The molecule has 19 heteroatoms. The Labute approximate surface area is 556 Å². The first-order valence-corrected chi connectivity index (χ1v) is 40.2. The van der Waals surface area contributed by atoms with Gasteiger partial charge < -0.3 is 33.8 Å². The maximum absolute atomic E-state index is 13.0. The number of ether oxygens (including phenoxy) is 4. The van der Waals surface area contributed by atoms with Crippen LogP contribution < -0.4 is 0 Å². The van der Waals surface area contributed by atoms with Crippen LogP contribution in [0.1, 0.15) is 357 Å².